The van der Waals surface area contributed by atoms with Crippen molar-refractivity contribution in [2.75, 3.05) is 5.73 Å². The fraction of sp³-hybridized carbons (Fsp3) is 0.143. The van der Waals surface area contributed by atoms with Crippen LogP contribution in [0.15, 0.2) is 12.3 Å². The first-order chi connectivity index (χ1) is 4.74. The highest BCUT2D eigenvalue weighted by atomic mass is 14.7. The highest BCUT2D eigenvalue weighted by Crippen LogP contribution is 2.06. The molecule has 54 valence electrons. The Labute approximate surface area is 60.9 Å². The fourth-order valence-corrected chi connectivity index (χ4v) is 0.723. The average molecular weight is 137 g/mol. The molecule has 3 N–H and O–H groups in total. The van der Waals surface area contributed by atoms with Gasteiger partial charge in [0, 0.05) is 13.8 Å². The molecule has 0 radical (unpaired) electrons. The first-order valence-electron chi connectivity index (χ1n) is 2.96. The average Bonchev–Trinajstić information content (AvgIpc) is 1.88. The quantitative estimate of drug-likeness (QED) is 0.571. The third-order valence-corrected chi connectivity index (χ3v) is 1.22. The van der Waals surface area contributed by atoms with Gasteiger partial charge < -0.3 is 11.1 Å². The van der Waals surface area contributed by atoms with E-state index in [0.717, 1.165) is 11.8 Å². The zero-order valence-corrected chi connectivity index (χ0v) is 5.76. The molecule has 0 aliphatic heterocycles. The zero-order valence-electron chi connectivity index (χ0n) is 5.76. The van der Waals surface area contributed by atoms with Gasteiger partial charge in [-0.05, 0) is 18.6 Å². The van der Waals surface area contributed by atoms with E-state index in [9.17, 15) is 0 Å². The number of aromatic nitrogens is 1. The van der Waals surface area contributed by atoms with Crippen molar-refractivity contribution in [1.29, 1.82) is 5.41 Å². The number of pyridine rings is 1. The van der Waals surface area contributed by atoms with E-state index in [-0.39, 0.29) is 1.43 Å². The van der Waals surface area contributed by atoms with Crippen molar-refractivity contribution in [3.63, 3.8) is 0 Å². The molecule has 0 amide bonds. The van der Waals surface area contributed by atoms with Crippen LogP contribution >= 0.6 is 0 Å². The highest BCUT2D eigenvalue weighted by Gasteiger charge is 1.94. The van der Waals surface area contributed by atoms with Crippen molar-refractivity contribution in [2.45, 2.75) is 6.92 Å². The number of nitrogen functional groups attached to an aromatic ring is 1. The highest BCUT2D eigenvalue weighted by molar-refractivity contribution is 5.81. The Balaban J connectivity index is 0.000001000. The Hall–Kier alpha value is -1.38. The largest absolute Gasteiger partial charge is 0.397 e. The van der Waals surface area contributed by atoms with Crippen molar-refractivity contribution in [3.8, 4) is 0 Å². The predicted octanol–water partition coefficient (Wildman–Crippen LogP) is 1.22. The molecule has 0 bridgehead atoms. The predicted molar refractivity (Wildman–Crippen MR) is 43.4 cm³/mol. The summed E-state index contributed by atoms with van der Waals surface area (Å²) in [6.07, 6.45) is 2.84. The molecule has 1 rings (SSSR count). The lowest BCUT2D eigenvalue weighted by Crippen LogP contribution is -1.96. The lowest BCUT2D eigenvalue weighted by atomic mass is 10.2. The summed E-state index contributed by atoms with van der Waals surface area (Å²) in [6.45, 7) is 1.91. The van der Waals surface area contributed by atoms with Gasteiger partial charge in [-0.3, -0.25) is 4.98 Å². The smallest absolute Gasteiger partial charge is 0.103 e. The van der Waals surface area contributed by atoms with Crippen molar-refractivity contribution in [3.05, 3.63) is 23.5 Å². The molecule has 3 heteroatoms. The van der Waals surface area contributed by atoms with E-state index in [1.165, 1.54) is 0 Å². The van der Waals surface area contributed by atoms with Gasteiger partial charge in [0.05, 0.1) is 5.69 Å². The molecule has 1 aromatic heterocycles. The van der Waals surface area contributed by atoms with E-state index in [1.807, 2.05) is 6.92 Å². The third kappa shape index (κ3) is 1.13. The number of anilines is 1. The number of nitrogens with zero attached hydrogens (tertiary/aromatic N) is 1. The number of aryl methyl sites for hydroxylation is 1. The molecular formula is C7H11N3. The summed E-state index contributed by atoms with van der Waals surface area (Å²) < 4.78 is 0. The molecule has 10 heavy (non-hydrogen) atoms. The van der Waals surface area contributed by atoms with Crippen LogP contribution in [0.1, 0.15) is 12.7 Å². The maximum absolute atomic E-state index is 6.89. The Kier molecular flexibility index (Phi) is 1.67. The van der Waals surface area contributed by atoms with Crippen molar-refractivity contribution >= 4 is 11.9 Å². The minimum atomic E-state index is 0. The van der Waals surface area contributed by atoms with Gasteiger partial charge in [-0.15, -0.1) is 0 Å². The van der Waals surface area contributed by atoms with Gasteiger partial charge >= 0.3 is 0 Å². The van der Waals surface area contributed by atoms with Crippen LogP contribution in [0.5, 0.6) is 0 Å². The molecule has 3 nitrogen and oxygen atoms in total. The topological polar surface area (TPSA) is 62.8 Å². The standard InChI is InChI=1S/C7H9N3.H2/c1-5-2-6(9)7(3-8)10-4-5;/h2-4,8H,9H2,1H3;1H. The maximum atomic E-state index is 6.89. The number of nitrogens with two attached hydrogens (primary N) is 1. The van der Waals surface area contributed by atoms with E-state index >= 15 is 0 Å². The van der Waals surface area contributed by atoms with E-state index in [2.05, 4.69) is 4.98 Å². The molecule has 0 aliphatic rings. The molecular weight excluding hydrogens is 126 g/mol. The number of nitrogens with one attached hydrogen (secondary N) is 1. The third-order valence-electron chi connectivity index (χ3n) is 1.22. The van der Waals surface area contributed by atoms with Crippen LogP contribution in [-0.4, -0.2) is 11.2 Å². The molecule has 1 aromatic rings. The second-order valence-corrected chi connectivity index (χ2v) is 2.13. The Morgan fingerprint density at radius 2 is 2.50 bits per heavy atom. The number of hydrogen-bond acceptors (Lipinski definition) is 3. The van der Waals surface area contributed by atoms with Crippen molar-refractivity contribution in [1.82, 2.24) is 4.98 Å². The molecule has 0 aliphatic carbocycles. The van der Waals surface area contributed by atoms with Gasteiger partial charge in [0.25, 0.3) is 0 Å². The lowest BCUT2D eigenvalue weighted by Gasteiger charge is -1.97. The Bertz CT molecular complexity index is 260. The van der Waals surface area contributed by atoms with Crippen molar-refractivity contribution in [2.24, 2.45) is 0 Å². The minimum absolute atomic E-state index is 0. The first-order valence-corrected chi connectivity index (χ1v) is 2.96. The second-order valence-electron chi connectivity index (χ2n) is 2.13. The van der Waals surface area contributed by atoms with Crippen molar-refractivity contribution < 1.29 is 1.43 Å². The minimum Gasteiger partial charge on any atom is -0.397 e. The van der Waals surface area contributed by atoms with Gasteiger partial charge in [-0.25, -0.2) is 0 Å². The van der Waals surface area contributed by atoms with Gasteiger partial charge in [0.15, 0.2) is 0 Å². The summed E-state index contributed by atoms with van der Waals surface area (Å²) >= 11 is 0. The molecule has 0 fully saturated rings. The maximum Gasteiger partial charge on any atom is 0.103 e. The summed E-state index contributed by atoms with van der Waals surface area (Å²) in [5.41, 5.74) is 7.63. The summed E-state index contributed by atoms with van der Waals surface area (Å²) in [5, 5.41) is 6.89. The van der Waals surface area contributed by atoms with E-state index in [4.69, 9.17) is 11.1 Å². The summed E-state index contributed by atoms with van der Waals surface area (Å²) in [5.74, 6) is 0. The number of hydrogen-bond donors (Lipinski definition) is 2. The van der Waals surface area contributed by atoms with Crippen LogP contribution in [0.4, 0.5) is 5.69 Å². The van der Waals surface area contributed by atoms with Gasteiger partial charge in [-0.2, -0.15) is 0 Å². The lowest BCUT2D eigenvalue weighted by molar-refractivity contribution is 1.25. The molecule has 0 unspecified atom stereocenters. The van der Waals surface area contributed by atoms with Gasteiger partial charge in [0.2, 0.25) is 0 Å². The fourth-order valence-electron chi connectivity index (χ4n) is 0.723. The van der Waals surface area contributed by atoms with Crippen LogP contribution in [-0.2, 0) is 0 Å². The molecule has 0 spiro atoms. The molecule has 0 saturated heterocycles. The van der Waals surface area contributed by atoms with Crippen LogP contribution in [0.25, 0.3) is 0 Å². The van der Waals surface area contributed by atoms with Gasteiger partial charge in [0.1, 0.15) is 5.69 Å². The summed E-state index contributed by atoms with van der Waals surface area (Å²) in [7, 11) is 0. The SMILES string of the molecule is Cc1cnc(C=N)c(N)c1.[HH]. The van der Waals surface area contributed by atoms with Crippen LogP contribution < -0.4 is 5.73 Å². The Morgan fingerprint density at radius 1 is 1.80 bits per heavy atom. The van der Waals surface area contributed by atoms with Crippen LogP contribution in [0.3, 0.4) is 0 Å². The molecule has 0 saturated carbocycles. The van der Waals surface area contributed by atoms with Gasteiger partial charge in [-0.1, -0.05) is 0 Å². The molecule has 1 heterocycles. The van der Waals surface area contributed by atoms with Crippen LogP contribution in [0.2, 0.25) is 0 Å². The number of rotatable bonds is 1. The monoisotopic (exact) mass is 137 g/mol. The zero-order chi connectivity index (χ0) is 7.56. The first kappa shape index (κ1) is 6.74. The molecule has 0 aromatic carbocycles. The Morgan fingerprint density at radius 3 is 3.00 bits per heavy atom. The van der Waals surface area contributed by atoms with Crippen LogP contribution in [0, 0.1) is 12.3 Å². The van der Waals surface area contributed by atoms with E-state index in [1.54, 1.807) is 12.3 Å². The second kappa shape index (κ2) is 2.47. The summed E-state index contributed by atoms with van der Waals surface area (Å²) in [4.78, 5) is 3.93. The van der Waals surface area contributed by atoms with E-state index in [0.29, 0.717) is 11.4 Å². The normalized spacial score (nSPS) is 9.30. The summed E-state index contributed by atoms with van der Waals surface area (Å²) in [6, 6.07) is 1.80. The molecule has 0 atom stereocenters. The van der Waals surface area contributed by atoms with E-state index < -0.39 is 0 Å².